The van der Waals surface area contributed by atoms with Crippen LogP contribution in [-0.2, 0) is 0 Å². The molecule has 3 heteroatoms. The third kappa shape index (κ3) is 3.92. The predicted octanol–water partition coefficient (Wildman–Crippen LogP) is 3.88. The first-order valence-corrected chi connectivity index (χ1v) is 6.79. The number of aryl methyl sites for hydroxylation is 1. The number of hydrogen-bond acceptors (Lipinski definition) is 3. The number of rotatable bonds is 6. The molecule has 1 N–H and O–H groups in total. The van der Waals surface area contributed by atoms with Crippen molar-refractivity contribution >= 4 is 5.69 Å². The van der Waals surface area contributed by atoms with E-state index in [0.717, 1.165) is 23.7 Å². The second kappa shape index (κ2) is 6.85. The maximum atomic E-state index is 5.89. The van der Waals surface area contributed by atoms with Gasteiger partial charge in [0.2, 0.25) is 0 Å². The molecular weight excluding hydrogens is 250 g/mol. The van der Waals surface area contributed by atoms with Gasteiger partial charge in [-0.3, -0.25) is 0 Å². The number of anilines is 1. The lowest BCUT2D eigenvalue weighted by atomic mass is 10.2. The molecule has 0 saturated carbocycles. The predicted molar refractivity (Wildman–Crippen MR) is 82.8 cm³/mol. The quantitative estimate of drug-likeness (QED) is 0.864. The first-order valence-electron chi connectivity index (χ1n) is 6.79. The minimum Gasteiger partial charge on any atom is -0.493 e. The van der Waals surface area contributed by atoms with Gasteiger partial charge in [0.15, 0.2) is 11.5 Å². The summed E-state index contributed by atoms with van der Waals surface area (Å²) in [5.41, 5.74) is 2.36. The van der Waals surface area contributed by atoms with Gasteiger partial charge in [0.25, 0.3) is 0 Å². The SMILES string of the molecule is COc1ccccc1OC(C)CNc1ccc(C)cc1. The van der Waals surface area contributed by atoms with E-state index in [-0.39, 0.29) is 6.10 Å². The topological polar surface area (TPSA) is 30.5 Å². The molecule has 0 aromatic heterocycles. The third-order valence-electron chi connectivity index (χ3n) is 3.04. The smallest absolute Gasteiger partial charge is 0.161 e. The molecule has 0 radical (unpaired) electrons. The van der Waals surface area contributed by atoms with Gasteiger partial charge in [-0.1, -0.05) is 29.8 Å². The summed E-state index contributed by atoms with van der Waals surface area (Å²) < 4.78 is 11.2. The van der Waals surface area contributed by atoms with Crippen molar-refractivity contribution in [1.29, 1.82) is 0 Å². The molecule has 2 aromatic carbocycles. The van der Waals surface area contributed by atoms with E-state index >= 15 is 0 Å². The van der Waals surface area contributed by atoms with Gasteiger partial charge in [0, 0.05) is 5.69 Å². The molecule has 0 heterocycles. The van der Waals surface area contributed by atoms with Crippen LogP contribution in [0, 0.1) is 6.92 Å². The lowest BCUT2D eigenvalue weighted by Crippen LogP contribution is -2.22. The molecule has 0 fully saturated rings. The van der Waals surface area contributed by atoms with Gasteiger partial charge in [-0.2, -0.15) is 0 Å². The minimum absolute atomic E-state index is 0.0487. The number of para-hydroxylation sites is 2. The average Bonchev–Trinajstić information content (AvgIpc) is 2.47. The second-order valence-electron chi connectivity index (χ2n) is 4.83. The molecular formula is C17H21NO2. The summed E-state index contributed by atoms with van der Waals surface area (Å²) in [6, 6.07) is 16.0. The summed E-state index contributed by atoms with van der Waals surface area (Å²) in [5, 5.41) is 3.36. The summed E-state index contributed by atoms with van der Waals surface area (Å²) in [6.07, 6.45) is 0.0487. The van der Waals surface area contributed by atoms with Crippen LogP contribution >= 0.6 is 0 Å². The Morgan fingerprint density at radius 1 is 1.00 bits per heavy atom. The summed E-state index contributed by atoms with van der Waals surface area (Å²) in [7, 11) is 1.65. The summed E-state index contributed by atoms with van der Waals surface area (Å²) >= 11 is 0. The van der Waals surface area contributed by atoms with E-state index in [2.05, 4.69) is 36.5 Å². The van der Waals surface area contributed by atoms with Gasteiger partial charge < -0.3 is 14.8 Å². The zero-order valence-electron chi connectivity index (χ0n) is 12.2. The highest BCUT2D eigenvalue weighted by molar-refractivity contribution is 5.44. The molecule has 0 bridgehead atoms. The molecule has 2 rings (SSSR count). The van der Waals surface area contributed by atoms with Crippen LogP contribution in [0.25, 0.3) is 0 Å². The Hall–Kier alpha value is -2.16. The van der Waals surface area contributed by atoms with E-state index in [1.54, 1.807) is 7.11 Å². The highest BCUT2D eigenvalue weighted by Gasteiger charge is 2.08. The fraction of sp³-hybridized carbons (Fsp3) is 0.294. The number of nitrogens with one attached hydrogen (secondary N) is 1. The molecule has 1 atom stereocenters. The fourth-order valence-electron chi connectivity index (χ4n) is 1.91. The Kier molecular flexibility index (Phi) is 4.88. The van der Waals surface area contributed by atoms with Crippen molar-refractivity contribution in [3.63, 3.8) is 0 Å². The van der Waals surface area contributed by atoms with Crippen LogP contribution in [0.2, 0.25) is 0 Å². The van der Waals surface area contributed by atoms with Crippen molar-refractivity contribution in [2.24, 2.45) is 0 Å². The summed E-state index contributed by atoms with van der Waals surface area (Å²) in [4.78, 5) is 0. The van der Waals surface area contributed by atoms with Gasteiger partial charge >= 0.3 is 0 Å². The Morgan fingerprint density at radius 2 is 1.65 bits per heavy atom. The van der Waals surface area contributed by atoms with Crippen LogP contribution in [0.15, 0.2) is 48.5 Å². The van der Waals surface area contributed by atoms with Crippen molar-refractivity contribution < 1.29 is 9.47 Å². The van der Waals surface area contributed by atoms with Crippen LogP contribution < -0.4 is 14.8 Å². The van der Waals surface area contributed by atoms with Crippen molar-refractivity contribution in [3.05, 3.63) is 54.1 Å². The molecule has 20 heavy (non-hydrogen) atoms. The molecule has 1 unspecified atom stereocenters. The zero-order chi connectivity index (χ0) is 14.4. The van der Waals surface area contributed by atoms with Crippen LogP contribution in [0.3, 0.4) is 0 Å². The molecule has 0 aliphatic heterocycles. The molecule has 106 valence electrons. The Balaban J connectivity index is 1.89. The number of methoxy groups -OCH3 is 1. The molecule has 0 spiro atoms. The Bertz CT molecular complexity index is 537. The molecule has 0 amide bonds. The molecule has 3 nitrogen and oxygen atoms in total. The molecule has 0 aliphatic carbocycles. The minimum atomic E-state index is 0.0487. The van der Waals surface area contributed by atoms with Crippen LogP contribution in [0.1, 0.15) is 12.5 Å². The van der Waals surface area contributed by atoms with Crippen LogP contribution in [0.5, 0.6) is 11.5 Å². The van der Waals surface area contributed by atoms with Gasteiger partial charge in [0.05, 0.1) is 13.7 Å². The first kappa shape index (κ1) is 14.3. The lowest BCUT2D eigenvalue weighted by Gasteiger charge is -2.18. The van der Waals surface area contributed by atoms with Gasteiger partial charge in [-0.05, 0) is 38.1 Å². The molecule has 0 aliphatic rings. The van der Waals surface area contributed by atoms with E-state index < -0.39 is 0 Å². The second-order valence-corrected chi connectivity index (χ2v) is 4.83. The lowest BCUT2D eigenvalue weighted by molar-refractivity contribution is 0.223. The van der Waals surface area contributed by atoms with E-state index in [0.29, 0.717) is 0 Å². The van der Waals surface area contributed by atoms with Gasteiger partial charge in [0.1, 0.15) is 6.10 Å². The van der Waals surface area contributed by atoms with Crippen molar-refractivity contribution in [2.75, 3.05) is 19.0 Å². The highest BCUT2D eigenvalue weighted by atomic mass is 16.5. The third-order valence-corrected chi connectivity index (χ3v) is 3.04. The van der Waals surface area contributed by atoms with E-state index in [9.17, 15) is 0 Å². The van der Waals surface area contributed by atoms with Crippen LogP contribution in [-0.4, -0.2) is 19.8 Å². The summed E-state index contributed by atoms with van der Waals surface area (Å²) in [6.45, 7) is 4.85. The fourth-order valence-corrected chi connectivity index (χ4v) is 1.91. The largest absolute Gasteiger partial charge is 0.493 e. The first-order chi connectivity index (χ1) is 9.69. The van der Waals surface area contributed by atoms with Gasteiger partial charge in [-0.15, -0.1) is 0 Å². The highest BCUT2D eigenvalue weighted by Crippen LogP contribution is 2.26. The number of benzene rings is 2. The van der Waals surface area contributed by atoms with Crippen molar-refractivity contribution in [3.8, 4) is 11.5 Å². The summed E-state index contributed by atoms with van der Waals surface area (Å²) in [5.74, 6) is 1.53. The van der Waals surface area contributed by atoms with Crippen molar-refractivity contribution in [1.82, 2.24) is 0 Å². The normalized spacial score (nSPS) is 11.8. The number of hydrogen-bond donors (Lipinski definition) is 1. The maximum absolute atomic E-state index is 5.89. The van der Waals surface area contributed by atoms with E-state index in [4.69, 9.17) is 9.47 Å². The van der Waals surface area contributed by atoms with E-state index in [1.165, 1.54) is 5.56 Å². The zero-order valence-corrected chi connectivity index (χ0v) is 12.2. The average molecular weight is 271 g/mol. The molecule has 0 saturated heterocycles. The monoisotopic (exact) mass is 271 g/mol. The maximum Gasteiger partial charge on any atom is 0.161 e. The van der Waals surface area contributed by atoms with Crippen molar-refractivity contribution in [2.45, 2.75) is 20.0 Å². The van der Waals surface area contributed by atoms with Gasteiger partial charge in [-0.25, -0.2) is 0 Å². The Morgan fingerprint density at radius 3 is 2.30 bits per heavy atom. The molecule has 2 aromatic rings. The van der Waals surface area contributed by atoms with E-state index in [1.807, 2.05) is 31.2 Å². The Labute approximate surface area is 120 Å². The standard InChI is InChI=1S/C17H21NO2/c1-13-8-10-15(11-9-13)18-12-14(2)20-17-7-5-4-6-16(17)19-3/h4-11,14,18H,12H2,1-3H3. The number of ether oxygens (including phenoxy) is 2. The van der Waals surface area contributed by atoms with Crippen LogP contribution in [0.4, 0.5) is 5.69 Å².